The first-order valence-corrected chi connectivity index (χ1v) is 11.3. The first kappa shape index (κ1) is 23.1. The molecule has 0 bridgehead atoms. The van der Waals surface area contributed by atoms with Crippen LogP contribution in [0.2, 0.25) is 0 Å². The Balaban J connectivity index is 2.13. The number of sulfone groups is 1. The molecule has 1 aliphatic rings. The zero-order chi connectivity index (χ0) is 23.5. The highest BCUT2D eigenvalue weighted by molar-refractivity contribution is 7.91. The third-order valence-electron chi connectivity index (χ3n) is 5.01. The summed E-state index contributed by atoms with van der Waals surface area (Å²) in [4.78, 5) is 24.9. The molecule has 0 saturated carbocycles. The summed E-state index contributed by atoms with van der Waals surface area (Å²) < 4.78 is 41.8. The second-order valence-corrected chi connectivity index (χ2v) is 9.06. The van der Waals surface area contributed by atoms with Crippen LogP contribution in [0.5, 0.6) is 11.5 Å². The summed E-state index contributed by atoms with van der Waals surface area (Å²) >= 11 is 0. The zero-order valence-corrected chi connectivity index (χ0v) is 18.9. The number of hydrogen-bond acceptors (Lipinski definition) is 7. The number of amides is 2. The number of rotatable bonds is 7. The number of esters is 1. The van der Waals surface area contributed by atoms with E-state index >= 15 is 0 Å². The largest absolute Gasteiger partial charge is 0.497 e. The van der Waals surface area contributed by atoms with Crippen molar-refractivity contribution in [3.63, 3.8) is 0 Å². The van der Waals surface area contributed by atoms with Gasteiger partial charge in [-0.15, -0.1) is 0 Å². The van der Waals surface area contributed by atoms with E-state index in [0.717, 1.165) is 5.56 Å². The van der Waals surface area contributed by atoms with Crippen LogP contribution in [0.25, 0.3) is 0 Å². The highest BCUT2D eigenvalue weighted by atomic mass is 32.2. The minimum Gasteiger partial charge on any atom is -0.497 e. The molecule has 0 aromatic heterocycles. The van der Waals surface area contributed by atoms with Crippen LogP contribution in [-0.2, 0) is 19.4 Å². The van der Waals surface area contributed by atoms with E-state index in [1.807, 2.05) is 19.1 Å². The minimum absolute atomic E-state index is 0.00129. The molecule has 1 aliphatic heterocycles. The van der Waals surface area contributed by atoms with Crippen molar-refractivity contribution < 1.29 is 32.2 Å². The third-order valence-corrected chi connectivity index (χ3v) is 6.67. The van der Waals surface area contributed by atoms with Gasteiger partial charge in [0.1, 0.15) is 16.4 Å². The summed E-state index contributed by atoms with van der Waals surface area (Å²) in [6.45, 7) is 1.90. The summed E-state index contributed by atoms with van der Waals surface area (Å²) in [6.07, 6.45) is 0. The van der Waals surface area contributed by atoms with Crippen molar-refractivity contribution in [2.75, 3.05) is 27.1 Å². The fourth-order valence-corrected chi connectivity index (χ4v) is 4.90. The van der Waals surface area contributed by atoms with Crippen LogP contribution >= 0.6 is 0 Å². The number of benzene rings is 2. The lowest BCUT2D eigenvalue weighted by molar-refractivity contribution is -0.136. The van der Waals surface area contributed by atoms with Gasteiger partial charge in [0.2, 0.25) is 0 Å². The predicted octanol–water partition coefficient (Wildman–Crippen LogP) is 2.27. The second-order valence-electron chi connectivity index (χ2n) is 7.10. The molecule has 0 unspecified atom stereocenters. The van der Waals surface area contributed by atoms with Gasteiger partial charge in [0.25, 0.3) is 0 Å². The Kier molecular flexibility index (Phi) is 6.73. The Bertz CT molecular complexity index is 1170. The van der Waals surface area contributed by atoms with Crippen molar-refractivity contribution in [1.82, 2.24) is 10.6 Å². The lowest BCUT2D eigenvalue weighted by atomic mass is 9.95. The van der Waals surface area contributed by atoms with Gasteiger partial charge in [-0.1, -0.05) is 29.8 Å². The predicted molar refractivity (Wildman–Crippen MR) is 116 cm³/mol. The molecule has 2 N–H and O–H groups in total. The van der Waals surface area contributed by atoms with Gasteiger partial charge in [-0.05, 0) is 24.6 Å². The summed E-state index contributed by atoms with van der Waals surface area (Å²) in [6, 6.07) is 10.0. The lowest BCUT2D eigenvalue weighted by Gasteiger charge is -2.29. The van der Waals surface area contributed by atoms with E-state index in [-0.39, 0.29) is 21.9 Å². The van der Waals surface area contributed by atoms with Gasteiger partial charge in [0, 0.05) is 11.8 Å². The van der Waals surface area contributed by atoms with Crippen molar-refractivity contribution in [3.05, 3.63) is 64.9 Å². The van der Waals surface area contributed by atoms with Crippen LogP contribution in [0.3, 0.4) is 0 Å². The van der Waals surface area contributed by atoms with Gasteiger partial charge < -0.3 is 24.8 Å². The molecule has 1 atom stereocenters. The molecule has 0 radical (unpaired) electrons. The minimum atomic E-state index is -4.06. The smallest absolute Gasteiger partial charge is 0.338 e. The molecule has 0 saturated heterocycles. The monoisotopic (exact) mass is 460 g/mol. The van der Waals surface area contributed by atoms with Crippen LogP contribution in [0, 0.1) is 6.92 Å². The SMILES string of the molecule is COC(=O)C1=C(CS(=O)(=O)c2cc(OC)ccc2OC)NC(=O)N[C@@H]1c1ccc(C)cc1. The van der Waals surface area contributed by atoms with Crippen LogP contribution in [-0.4, -0.2) is 47.5 Å². The van der Waals surface area contributed by atoms with E-state index in [9.17, 15) is 18.0 Å². The molecule has 0 fully saturated rings. The van der Waals surface area contributed by atoms with Gasteiger partial charge in [-0.3, -0.25) is 0 Å². The average molecular weight is 461 g/mol. The quantitative estimate of drug-likeness (QED) is 0.608. The zero-order valence-electron chi connectivity index (χ0n) is 18.1. The lowest BCUT2D eigenvalue weighted by Crippen LogP contribution is -2.47. The summed E-state index contributed by atoms with van der Waals surface area (Å²) in [5.41, 5.74) is 1.53. The Morgan fingerprint density at radius 2 is 1.72 bits per heavy atom. The van der Waals surface area contributed by atoms with Crippen molar-refractivity contribution in [3.8, 4) is 11.5 Å². The number of aryl methyl sites for hydroxylation is 1. The van der Waals surface area contributed by atoms with Crippen LogP contribution in [0.4, 0.5) is 4.79 Å². The van der Waals surface area contributed by atoms with E-state index < -0.39 is 33.6 Å². The molecule has 1 heterocycles. The highest BCUT2D eigenvalue weighted by Crippen LogP contribution is 2.33. The summed E-state index contributed by atoms with van der Waals surface area (Å²) in [5.74, 6) is -0.984. The van der Waals surface area contributed by atoms with E-state index in [1.165, 1.54) is 33.5 Å². The van der Waals surface area contributed by atoms with E-state index in [4.69, 9.17) is 14.2 Å². The van der Waals surface area contributed by atoms with E-state index in [0.29, 0.717) is 11.3 Å². The molecule has 2 aromatic rings. The maximum atomic E-state index is 13.3. The Labute approximate surface area is 186 Å². The molecule has 2 amide bonds. The Hall–Kier alpha value is -3.53. The number of carbonyl (C=O) groups is 2. The number of carbonyl (C=O) groups excluding carboxylic acids is 2. The molecule has 2 aromatic carbocycles. The molecular formula is C22H24N2O7S. The molecule has 10 heteroatoms. The maximum Gasteiger partial charge on any atom is 0.338 e. The first-order chi connectivity index (χ1) is 15.2. The number of ether oxygens (including phenoxy) is 3. The molecule has 0 aliphatic carbocycles. The average Bonchev–Trinajstić information content (AvgIpc) is 2.78. The summed E-state index contributed by atoms with van der Waals surface area (Å²) in [5, 5.41) is 5.13. The van der Waals surface area contributed by atoms with Crippen molar-refractivity contribution >= 4 is 21.8 Å². The molecular weight excluding hydrogens is 436 g/mol. The van der Waals surface area contributed by atoms with Crippen LogP contribution in [0.15, 0.2) is 58.6 Å². The number of urea groups is 1. The van der Waals surface area contributed by atoms with Gasteiger partial charge in [0.15, 0.2) is 9.84 Å². The number of hydrogen-bond donors (Lipinski definition) is 2. The van der Waals surface area contributed by atoms with Gasteiger partial charge in [-0.25, -0.2) is 18.0 Å². The molecule has 3 rings (SSSR count). The second kappa shape index (κ2) is 9.31. The van der Waals surface area contributed by atoms with E-state index in [2.05, 4.69) is 10.6 Å². The van der Waals surface area contributed by atoms with E-state index in [1.54, 1.807) is 18.2 Å². The Morgan fingerprint density at radius 1 is 1.03 bits per heavy atom. The normalized spacial score (nSPS) is 16.1. The molecule has 170 valence electrons. The number of nitrogens with one attached hydrogen (secondary N) is 2. The summed E-state index contributed by atoms with van der Waals surface area (Å²) in [7, 11) is -0.110. The third kappa shape index (κ3) is 4.70. The van der Waals surface area contributed by atoms with Crippen molar-refractivity contribution in [2.45, 2.75) is 17.9 Å². The standard InChI is InChI=1S/C22H24N2O7S/c1-13-5-7-14(8-6-13)20-19(21(25)31-4)16(23-22(26)24-20)12-32(27,28)18-11-15(29-2)9-10-17(18)30-3/h5-11,20H,12H2,1-4H3,(H2,23,24,26)/t20-/m1/s1. The molecule has 9 nitrogen and oxygen atoms in total. The highest BCUT2D eigenvalue weighted by Gasteiger charge is 2.36. The van der Waals surface area contributed by atoms with Crippen LogP contribution in [0.1, 0.15) is 17.2 Å². The fraction of sp³-hybridized carbons (Fsp3) is 0.273. The Morgan fingerprint density at radius 3 is 2.31 bits per heavy atom. The van der Waals surface area contributed by atoms with Gasteiger partial charge in [0.05, 0.1) is 38.7 Å². The van der Waals surface area contributed by atoms with Gasteiger partial charge in [-0.2, -0.15) is 0 Å². The van der Waals surface area contributed by atoms with Crippen LogP contribution < -0.4 is 20.1 Å². The maximum absolute atomic E-state index is 13.3. The molecule has 32 heavy (non-hydrogen) atoms. The topological polar surface area (TPSA) is 120 Å². The van der Waals surface area contributed by atoms with Crippen molar-refractivity contribution in [1.29, 1.82) is 0 Å². The fourth-order valence-electron chi connectivity index (χ4n) is 3.39. The first-order valence-electron chi connectivity index (χ1n) is 9.60. The van der Waals surface area contributed by atoms with Crippen molar-refractivity contribution in [2.24, 2.45) is 0 Å². The van der Waals surface area contributed by atoms with Gasteiger partial charge >= 0.3 is 12.0 Å². The number of methoxy groups -OCH3 is 3. The molecule has 0 spiro atoms.